The van der Waals surface area contributed by atoms with Crippen LogP contribution in [0.1, 0.15) is 6.92 Å². The van der Waals surface area contributed by atoms with Crippen LogP contribution in [0.15, 0.2) is 0 Å². The van der Waals surface area contributed by atoms with E-state index < -0.39 is 0 Å². The third-order valence-electron chi connectivity index (χ3n) is 0.641. The summed E-state index contributed by atoms with van der Waals surface area (Å²) in [5, 5.41) is 0.933. The second-order valence-electron chi connectivity index (χ2n) is 1.10. The van der Waals surface area contributed by atoms with Crippen LogP contribution in [0, 0.1) is 0 Å². The first-order valence-corrected chi connectivity index (χ1v) is 5.03. The molecule has 0 aliphatic carbocycles. The molecule has 0 aromatic carbocycles. The molecule has 0 rings (SSSR count). The summed E-state index contributed by atoms with van der Waals surface area (Å²) in [6.45, 7) is 2.19. The van der Waals surface area contributed by atoms with Crippen LogP contribution < -0.4 is 0 Å². The van der Waals surface area contributed by atoms with E-state index in [4.69, 9.17) is 0 Å². The number of rotatable bonds is 3. The average molecular weight is 154 g/mol. The van der Waals surface area contributed by atoms with E-state index in [2.05, 4.69) is 25.8 Å². The average Bonchev–Trinajstić information content (AvgIpc) is 1.68. The van der Waals surface area contributed by atoms with E-state index in [0.717, 1.165) is 5.08 Å². The van der Waals surface area contributed by atoms with Crippen LogP contribution in [0.2, 0.25) is 0 Å². The van der Waals surface area contributed by atoms with E-state index in [0.29, 0.717) is 4.58 Å². The topological polar surface area (TPSA) is 0 Å². The molecular formula is C4H10S3. The van der Waals surface area contributed by atoms with Crippen molar-refractivity contribution in [2.45, 2.75) is 11.5 Å². The highest BCUT2D eigenvalue weighted by Gasteiger charge is 1.93. The first-order valence-electron chi connectivity index (χ1n) is 2.06. The van der Waals surface area contributed by atoms with Gasteiger partial charge in [0.05, 0.1) is 0 Å². The van der Waals surface area contributed by atoms with Crippen molar-refractivity contribution in [1.82, 2.24) is 0 Å². The first kappa shape index (κ1) is 8.05. The summed E-state index contributed by atoms with van der Waals surface area (Å²) in [7, 11) is 0. The molecule has 0 radical (unpaired) electrons. The summed E-state index contributed by atoms with van der Waals surface area (Å²) in [6, 6.07) is 0. The summed E-state index contributed by atoms with van der Waals surface area (Å²) in [5.41, 5.74) is 0. The SMILES string of the molecule is CSC(C)SCS. The molecule has 1 atom stereocenters. The van der Waals surface area contributed by atoms with Gasteiger partial charge in [0, 0.05) is 9.67 Å². The Bertz CT molecular complexity index is 37.9. The standard InChI is InChI=1S/C4H10S3/c1-4(6-2)7-3-5/h4-5H,3H2,1-2H3. The third kappa shape index (κ3) is 4.91. The van der Waals surface area contributed by atoms with Gasteiger partial charge in [-0.05, 0) is 13.2 Å². The lowest BCUT2D eigenvalue weighted by molar-refractivity contribution is 1.43. The monoisotopic (exact) mass is 154 g/mol. The molecule has 0 aliphatic rings. The Morgan fingerprint density at radius 3 is 2.43 bits per heavy atom. The van der Waals surface area contributed by atoms with E-state index in [9.17, 15) is 0 Å². The van der Waals surface area contributed by atoms with Crippen molar-refractivity contribution in [3.63, 3.8) is 0 Å². The van der Waals surface area contributed by atoms with Gasteiger partial charge >= 0.3 is 0 Å². The summed E-state index contributed by atoms with van der Waals surface area (Å²) in [5.74, 6) is 0. The maximum absolute atomic E-state index is 4.06. The van der Waals surface area contributed by atoms with Gasteiger partial charge in [-0.25, -0.2) is 0 Å². The normalized spacial score (nSPS) is 14.1. The number of thiol groups is 1. The maximum Gasteiger partial charge on any atom is 0.0479 e. The van der Waals surface area contributed by atoms with Gasteiger partial charge in [-0.3, -0.25) is 0 Å². The van der Waals surface area contributed by atoms with Crippen molar-refractivity contribution < 1.29 is 0 Å². The zero-order valence-corrected chi connectivity index (χ0v) is 7.08. The molecule has 0 saturated carbocycles. The Kier molecular flexibility index (Phi) is 5.97. The Labute approximate surface area is 59.2 Å². The fourth-order valence-corrected chi connectivity index (χ4v) is 2.10. The molecular weight excluding hydrogens is 144 g/mol. The van der Waals surface area contributed by atoms with Gasteiger partial charge in [0.15, 0.2) is 0 Å². The van der Waals surface area contributed by atoms with E-state index in [-0.39, 0.29) is 0 Å². The quantitative estimate of drug-likeness (QED) is 0.489. The molecule has 0 spiro atoms. The van der Waals surface area contributed by atoms with Crippen LogP contribution in [0.5, 0.6) is 0 Å². The number of hydrogen-bond donors (Lipinski definition) is 1. The molecule has 0 heterocycles. The van der Waals surface area contributed by atoms with Crippen LogP contribution >= 0.6 is 36.2 Å². The second-order valence-corrected chi connectivity index (χ2v) is 4.65. The number of thioether (sulfide) groups is 2. The Balaban J connectivity index is 2.83. The predicted molar refractivity (Wildman–Crippen MR) is 44.4 cm³/mol. The van der Waals surface area contributed by atoms with Gasteiger partial charge in [0.1, 0.15) is 0 Å². The van der Waals surface area contributed by atoms with Crippen molar-refractivity contribution >= 4 is 36.2 Å². The first-order chi connectivity index (χ1) is 3.31. The lowest BCUT2D eigenvalue weighted by Gasteiger charge is -2.01. The number of hydrogen-bond acceptors (Lipinski definition) is 3. The molecule has 0 aliphatic heterocycles. The Morgan fingerprint density at radius 2 is 2.29 bits per heavy atom. The summed E-state index contributed by atoms with van der Waals surface area (Å²) < 4.78 is 0.706. The molecule has 0 N–H and O–H groups in total. The van der Waals surface area contributed by atoms with Gasteiger partial charge in [0.2, 0.25) is 0 Å². The van der Waals surface area contributed by atoms with E-state index >= 15 is 0 Å². The third-order valence-corrected chi connectivity index (χ3v) is 3.36. The summed E-state index contributed by atoms with van der Waals surface area (Å²) >= 11 is 7.79. The van der Waals surface area contributed by atoms with Crippen LogP contribution in [0.25, 0.3) is 0 Å². The highest BCUT2D eigenvalue weighted by Crippen LogP contribution is 2.20. The smallest absolute Gasteiger partial charge is 0.0479 e. The van der Waals surface area contributed by atoms with Crippen LogP contribution in [-0.4, -0.2) is 15.9 Å². The fraction of sp³-hybridized carbons (Fsp3) is 1.00. The molecule has 0 aromatic rings. The van der Waals surface area contributed by atoms with Gasteiger partial charge < -0.3 is 0 Å². The molecule has 0 fully saturated rings. The van der Waals surface area contributed by atoms with Gasteiger partial charge in [-0.1, -0.05) is 0 Å². The van der Waals surface area contributed by atoms with Crippen molar-refractivity contribution in [1.29, 1.82) is 0 Å². The van der Waals surface area contributed by atoms with Crippen LogP contribution in [-0.2, 0) is 0 Å². The largest absolute Gasteiger partial charge is 0.168 e. The molecule has 0 aromatic heterocycles. The van der Waals surface area contributed by atoms with E-state index in [1.807, 2.05) is 23.5 Å². The Hall–Kier alpha value is 1.05. The molecule has 0 saturated heterocycles. The molecule has 0 nitrogen and oxygen atoms in total. The lowest BCUT2D eigenvalue weighted by Crippen LogP contribution is -1.84. The highest BCUT2D eigenvalue weighted by molar-refractivity contribution is 8.20. The minimum Gasteiger partial charge on any atom is -0.168 e. The fourth-order valence-electron chi connectivity index (χ4n) is 0.173. The van der Waals surface area contributed by atoms with Gasteiger partial charge in [-0.15, -0.1) is 11.8 Å². The van der Waals surface area contributed by atoms with Gasteiger partial charge in [-0.2, -0.15) is 24.4 Å². The lowest BCUT2D eigenvalue weighted by atomic mass is 11.0. The Morgan fingerprint density at radius 1 is 1.71 bits per heavy atom. The van der Waals surface area contributed by atoms with E-state index in [1.54, 1.807) is 0 Å². The molecule has 7 heavy (non-hydrogen) atoms. The van der Waals surface area contributed by atoms with Crippen LogP contribution in [0.3, 0.4) is 0 Å². The van der Waals surface area contributed by atoms with Crippen molar-refractivity contribution in [2.24, 2.45) is 0 Å². The minimum absolute atomic E-state index is 0.706. The molecule has 3 heteroatoms. The maximum atomic E-state index is 4.06. The summed E-state index contributed by atoms with van der Waals surface area (Å²) in [4.78, 5) is 0. The molecule has 0 amide bonds. The second kappa shape index (κ2) is 5.19. The van der Waals surface area contributed by atoms with E-state index in [1.165, 1.54) is 0 Å². The van der Waals surface area contributed by atoms with Crippen molar-refractivity contribution in [2.75, 3.05) is 11.3 Å². The van der Waals surface area contributed by atoms with Crippen LogP contribution in [0.4, 0.5) is 0 Å². The highest BCUT2D eigenvalue weighted by atomic mass is 32.2. The zero-order valence-electron chi connectivity index (χ0n) is 4.55. The van der Waals surface area contributed by atoms with Crippen molar-refractivity contribution in [3.8, 4) is 0 Å². The molecule has 0 bridgehead atoms. The molecule has 44 valence electrons. The zero-order chi connectivity index (χ0) is 5.70. The summed E-state index contributed by atoms with van der Waals surface area (Å²) in [6.07, 6.45) is 2.11. The predicted octanol–water partition coefficient (Wildman–Crippen LogP) is 2.32. The van der Waals surface area contributed by atoms with Crippen molar-refractivity contribution in [3.05, 3.63) is 0 Å². The molecule has 1 unspecified atom stereocenters. The minimum atomic E-state index is 0.706. The van der Waals surface area contributed by atoms with Gasteiger partial charge in [0.25, 0.3) is 0 Å².